The summed E-state index contributed by atoms with van der Waals surface area (Å²) in [5.74, 6) is -0.738. The summed E-state index contributed by atoms with van der Waals surface area (Å²) in [6.45, 7) is 1.45. The predicted molar refractivity (Wildman–Crippen MR) is 64.5 cm³/mol. The van der Waals surface area contributed by atoms with Crippen molar-refractivity contribution in [2.45, 2.75) is 13.0 Å². The van der Waals surface area contributed by atoms with Gasteiger partial charge >= 0.3 is 5.97 Å². The number of rotatable bonds is 3. The molecule has 1 unspecified atom stereocenters. The molecule has 0 fully saturated rings. The van der Waals surface area contributed by atoms with Crippen LogP contribution in [0.5, 0.6) is 5.88 Å². The molecule has 0 aliphatic heterocycles. The van der Waals surface area contributed by atoms with E-state index in [-0.39, 0.29) is 5.88 Å². The first-order valence-corrected chi connectivity index (χ1v) is 5.40. The van der Waals surface area contributed by atoms with Gasteiger partial charge in [0, 0.05) is 16.5 Å². The second-order valence-electron chi connectivity index (χ2n) is 3.58. The lowest BCUT2D eigenvalue weighted by Gasteiger charge is -2.09. The fourth-order valence-corrected chi connectivity index (χ4v) is 1.56. The Hall–Kier alpha value is -1.81. The van der Waals surface area contributed by atoms with Gasteiger partial charge in [0.1, 0.15) is 0 Å². The van der Waals surface area contributed by atoms with Crippen LogP contribution in [0.15, 0.2) is 30.3 Å². The second-order valence-corrected chi connectivity index (χ2v) is 4.02. The highest BCUT2D eigenvalue weighted by Gasteiger charge is 2.13. The molecular weight excluding hydrogens is 242 g/mol. The minimum atomic E-state index is -1.02. The van der Waals surface area contributed by atoms with E-state index < -0.39 is 12.1 Å². The molecule has 5 heteroatoms. The molecule has 1 aromatic heterocycles. The van der Waals surface area contributed by atoms with Crippen molar-refractivity contribution in [2.75, 3.05) is 0 Å². The molecule has 88 valence electrons. The number of benzene rings is 1. The molecule has 1 aromatic carbocycles. The van der Waals surface area contributed by atoms with E-state index in [2.05, 4.69) is 4.98 Å². The number of aromatic nitrogens is 1. The Morgan fingerprint density at radius 1 is 1.41 bits per heavy atom. The molecule has 17 heavy (non-hydrogen) atoms. The van der Waals surface area contributed by atoms with Crippen molar-refractivity contribution in [1.29, 1.82) is 0 Å². The average molecular weight is 252 g/mol. The van der Waals surface area contributed by atoms with E-state index in [9.17, 15) is 4.79 Å². The van der Waals surface area contributed by atoms with Crippen LogP contribution in [0.4, 0.5) is 0 Å². The standard InChI is InChI=1S/C12H10ClNO3/c1-7(12(15)16)17-11-5-2-8-6-9(13)3-4-10(8)14-11/h2-7H,1H3,(H,15,16). The number of halogens is 1. The molecule has 0 aliphatic carbocycles. The van der Waals surface area contributed by atoms with Crippen LogP contribution in [-0.2, 0) is 4.79 Å². The fraction of sp³-hybridized carbons (Fsp3) is 0.167. The van der Waals surface area contributed by atoms with Crippen molar-refractivity contribution >= 4 is 28.5 Å². The number of fused-ring (bicyclic) bond motifs is 1. The third-order valence-electron chi connectivity index (χ3n) is 2.27. The van der Waals surface area contributed by atoms with Crippen LogP contribution in [0.2, 0.25) is 5.02 Å². The lowest BCUT2D eigenvalue weighted by Crippen LogP contribution is -2.23. The van der Waals surface area contributed by atoms with Crippen LogP contribution in [0.1, 0.15) is 6.92 Å². The maximum atomic E-state index is 10.6. The van der Waals surface area contributed by atoms with Gasteiger partial charge in [-0.1, -0.05) is 11.6 Å². The van der Waals surface area contributed by atoms with Crippen LogP contribution >= 0.6 is 11.6 Å². The molecule has 0 radical (unpaired) electrons. The van der Waals surface area contributed by atoms with Gasteiger partial charge in [0.25, 0.3) is 0 Å². The topological polar surface area (TPSA) is 59.4 Å². The summed E-state index contributed by atoms with van der Waals surface area (Å²) >= 11 is 5.85. The zero-order valence-corrected chi connectivity index (χ0v) is 9.81. The van der Waals surface area contributed by atoms with E-state index in [4.69, 9.17) is 21.4 Å². The van der Waals surface area contributed by atoms with Crippen molar-refractivity contribution < 1.29 is 14.6 Å². The Morgan fingerprint density at radius 2 is 2.18 bits per heavy atom. The van der Waals surface area contributed by atoms with Gasteiger partial charge < -0.3 is 9.84 Å². The highest BCUT2D eigenvalue weighted by molar-refractivity contribution is 6.31. The molecule has 0 saturated carbocycles. The molecule has 1 heterocycles. The van der Waals surface area contributed by atoms with E-state index in [1.165, 1.54) is 6.92 Å². The van der Waals surface area contributed by atoms with Crippen LogP contribution in [-0.4, -0.2) is 22.2 Å². The Labute approximate surface area is 103 Å². The Bertz CT molecular complexity index is 571. The fourth-order valence-electron chi connectivity index (χ4n) is 1.37. The monoisotopic (exact) mass is 251 g/mol. The second kappa shape index (κ2) is 4.59. The number of hydrogen-bond acceptors (Lipinski definition) is 3. The minimum absolute atomic E-state index is 0.287. The van der Waals surface area contributed by atoms with Crippen molar-refractivity contribution in [3.05, 3.63) is 35.4 Å². The molecule has 2 aromatic rings. The molecule has 0 amide bonds. The molecule has 2 rings (SSSR count). The van der Waals surface area contributed by atoms with E-state index in [1.807, 2.05) is 0 Å². The molecule has 0 aliphatic rings. The Balaban J connectivity index is 2.32. The maximum absolute atomic E-state index is 10.6. The first-order chi connectivity index (χ1) is 8.06. The van der Waals surface area contributed by atoms with Gasteiger partial charge in [0.2, 0.25) is 5.88 Å². The van der Waals surface area contributed by atoms with E-state index in [1.54, 1.807) is 30.3 Å². The number of aliphatic carboxylic acids is 1. The predicted octanol–water partition coefficient (Wildman–Crippen LogP) is 2.74. The first kappa shape index (κ1) is 11.7. The summed E-state index contributed by atoms with van der Waals surface area (Å²) in [6.07, 6.45) is -0.924. The molecule has 1 N–H and O–H groups in total. The summed E-state index contributed by atoms with van der Waals surface area (Å²) in [4.78, 5) is 14.8. The minimum Gasteiger partial charge on any atom is -0.479 e. The normalized spacial score (nSPS) is 12.4. The van der Waals surface area contributed by atoms with Gasteiger partial charge in [-0.3, -0.25) is 0 Å². The molecule has 0 spiro atoms. The number of hydrogen-bond donors (Lipinski definition) is 1. The average Bonchev–Trinajstić information content (AvgIpc) is 2.29. The highest BCUT2D eigenvalue weighted by atomic mass is 35.5. The quantitative estimate of drug-likeness (QED) is 0.911. The summed E-state index contributed by atoms with van der Waals surface area (Å²) in [6, 6.07) is 8.68. The van der Waals surface area contributed by atoms with Gasteiger partial charge in [-0.15, -0.1) is 0 Å². The van der Waals surface area contributed by atoms with Gasteiger partial charge in [0.15, 0.2) is 6.10 Å². The van der Waals surface area contributed by atoms with Crippen molar-refractivity contribution in [3.8, 4) is 5.88 Å². The van der Waals surface area contributed by atoms with E-state index >= 15 is 0 Å². The number of pyridine rings is 1. The van der Waals surface area contributed by atoms with Gasteiger partial charge in [-0.2, -0.15) is 0 Å². The van der Waals surface area contributed by atoms with Crippen LogP contribution in [0, 0.1) is 0 Å². The number of carbonyl (C=O) groups is 1. The van der Waals surface area contributed by atoms with Crippen LogP contribution < -0.4 is 4.74 Å². The third kappa shape index (κ3) is 2.65. The lowest BCUT2D eigenvalue weighted by atomic mass is 10.2. The summed E-state index contributed by atoms with van der Waals surface area (Å²) in [5, 5.41) is 10.2. The summed E-state index contributed by atoms with van der Waals surface area (Å²) < 4.78 is 5.17. The number of nitrogens with zero attached hydrogens (tertiary/aromatic N) is 1. The molecule has 0 bridgehead atoms. The van der Waals surface area contributed by atoms with Gasteiger partial charge in [0.05, 0.1) is 5.52 Å². The number of carboxylic acids is 1. The lowest BCUT2D eigenvalue weighted by molar-refractivity contribution is -0.144. The van der Waals surface area contributed by atoms with Gasteiger partial charge in [-0.05, 0) is 31.2 Å². The molecule has 0 saturated heterocycles. The molecular formula is C12H10ClNO3. The summed E-state index contributed by atoms with van der Waals surface area (Å²) in [7, 11) is 0. The smallest absolute Gasteiger partial charge is 0.344 e. The molecule has 4 nitrogen and oxygen atoms in total. The maximum Gasteiger partial charge on any atom is 0.344 e. The summed E-state index contributed by atoms with van der Waals surface area (Å²) in [5.41, 5.74) is 0.712. The Morgan fingerprint density at radius 3 is 2.88 bits per heavy atom. The van der Waals surface area contributed by atoms with Crippen molar-refractivity contribution in [1.82, 2.24) is 4.98 Å². The number of ether oxygens (including phenoxy) is 1. The largest absolute Gasteiger partial charge is 0.479 e. The first-order valence-electron chi connectivity index (χ1n) is 5.02. The highest BCUT2D eigenvalue weighted by Crippen LogP contribution is 2.21. The van der Waals surface area contributed by atoms with Gasteiger partial charge in [-0.25, -0.2) is 9.78 Å². The SMILES string of the molecule is CC(Oc1ccc2cc(Cl)ccc2n1)C(=O)O. The number of carboxylic acid groups (broad SMARTS) is 1. The third-order valence-corrected chi connectivity index (χ3v) is 2.51. The molecule has 1 atom stereocenters. The van der Waals surface area contributed by atoms with E-state index in [0.717, 1.165) is 5.39 Å². The van der Waals surface area contributed by atoms with Crippen LogP contribution in [0.3, 0.4) is 0 Å². The van der Waals surface area contributed by atoms with Crippen molar-refractivity contribution in [2.24, 2.45) is 0 Å². The van der Waals surface area contributed by atoms with Crippen molar-refractivity contribution in [3.63, 3.8) is 0 Å². The van der Waals surface area contributed by atoms with Crippen LogP contribution in [0.25, 0.3) is 10.9 Å². The zero-order chi connectivity index (χ0) is 12.4. The van der Waals surface area contributed by atoms with E-state index in [0.29, 0.717) is 10.5 Å². The Kier molecular flexibility index (Phi) is 3.15. The zero-order valence-electron chi connectivity index (χ0n) is 9.05.